The molecule has 1 aromatic carbocycles. The van der Waals surface area contributed by atoms with Crippen LogP contribution >= 0.6 is 0 Å². The fraction of sp³-hybridized carbons (Fsp3) is 0.412. The van der Waals surface area contributed by atoms with E-state index in [0.717, 1.165) is 12.1 Å². The van der Waals surface area contributed by atoms with Crippen LogP contribution in [0.3, 0.4) is 0 Å². The molecule has 1 atom stereocenters. The minimum Gasteiger partial charge on any atom is -0.309 e. The molecule has 0 spiro atoms. The summed E-state index contributed by atoms with van der Waals surface area (Å²) in [4.78, 5) is 12.0. The van der Waals surface area contributed by atoms with Gasteiger partial charge < -0.3 is 5.32 Å². The molecule has 0 aliphatic rings. The van der Waals surface area contributed by atoms with Crippen LogP contribution in [0.15, 0.2) is 35.3 Å². The lowest BCUT2D eigenvalue weighted by molar-refractivity contribution is 0.432. The van der Waals surface area contributed by atoms with Gasteiger partial charge >= 0.3 is 0 Å². The zero-order chi connectivity index (χ0) is 15.4. The predicted molar refractivity (Wildman–Crippen MR) is 85.6 cm³/mol. The van der Waals surface area contributed by atoms with Crippen molar-refractivity contribution in [2.75, 3.05) is 6.54 Å². The summed E-state index contributed by atoms with van der Waals surface area (Å²) in [7, 11) is 0. The van der Waals surface area contributed by atoms with Crippen LogP contribution in [0.5, 0.6) is 0 Å². The highest BCUT2D eigenvalue weighted by Gasteiger charge is 2.14. The predicted octanol–water partition coefficient (Wildman–Crippen LogP) is 2.52. The average Bonchev–Trinajstić information content (AvgIpc) is 2.41. The van der Waals surface area contributed by atoms with E-state index in [1.54, 1.807) is 12.3 Å². The van der Waals surface area contributed by atoms with Crippen LogP contribution in [0.25, 0.3) is 0 Å². The highest BCUT2D eigenvalue weighted by Crippen LogP contribution is 2.20. The van der Waals surface area contributed by atoms with Gasteiger partial charge in [0, 0.05) is 6.07 Å². The van der Waals surface area contributed by atoms with Crippen LogP contribution in [0.2, 0.25) is 0 Å². The summed E-state index contributed by atoms with van der Waals surface area (Å²) >= 11 is 0. The Kier molecular flexibility index (Phi) is 4.91. The molecule has 0 bridgehead atoms. The third-order valence-corrected chi connectivity index (χ3v) is 3.61. The van der Waals surface area contributed by atoms with Gasteiger partial charge in [-0.15, -0.1) is 0 Å². The molecule has 4 heteroatoms. The van der Waals surface area contributed by atoms with E-state index in [1.165, 1.54) is 21.4 Å². The van der Waals surface area contributed by atoms with Crippen LogP contribution in [-0.2, 0) is 6.54 Å². The van der Waals surface area contributed by atoms with Gasteiger partial charge in [-0.05, 0) is 44.0 Å². The second kappa shape index (κ2) is 6.68. The molecule has 0 aliphatic carbocycles. The Morgan fingerprint density at radius 2 is 1.95 bits per heavy atom. The van der Waals surface area contributed by atoms with E-state index < -0.39 is 0 Å². The lowest BCUT2D eigenvalue weighted by Gasteiger charge is -2.21. The van der Waals surface area contributed by atoms with Gasteiger partial charge in [-0.1, -0.05) is 30.7 Å². The molecule has 0 amide bonds. The van der Waals surface area contributed by atoms with E-state index in [9.17, 15) is 4.79 Å². The van der Waals surface area contributed by atoms with Crippen molar-refractivity contribution in [3.63, 3.8) is 0 Å². The Labute approximate surface area is 125 Å². The molecule has 4 nitrogen and oxygen atoms in total. The number of nitrogens with one attached hydrogen (secondary N) is 1. The minimum absolute atomic E-state index is 0.0531. The highest BCUT2D eigenvalue weighted by molar-refractivity contribution is 5.32. The van der Waals surface area contributed by atoms with Crippen molar-refractivity contribution in [1.29, 1.82) is 0 Å². The largest absolute Gasteiger partial charge is 0.309 e. The van der Waals surface area contributed by atoms with Gasteiger partial charge in [-0.2, -0.15) is 5.10 Å². The first-order valence-corrected chi connectivity index (χ1v) is 7.35. The Balaban J connectivity index is 2.32. The summed E-state index contributed by atoms with van der Waals surface area (Å²) in [6.45, 7) is 9.53. The number of rotatable bonds is 5. The van der Waals surface area contributed by atoms with Gasteiger partial charge in [0.2, 0.25) is 0 Å². The standard InChI is InChI=1S/C17H23N3O/c1-5-18-16(15-7-6-12(2)8-14(15)4)11-20-17(21)9-13(3)10-19-20/h6-10,16,18H,5,11H2,1-4H3. The summed E-state index contributed by atoms with van der Waals surface area (Å²) < 4.78 is 1.53. The number of hydrogen-bond donors (Lipinski definition) is 1. The van der Waals surface area contributed by atoms with Gasteiger partial charge in [0.15, 0.2) is 0 Å². The Morgan fingerprint density at radius 3 is 2.57 bits per heavy atom. The van der Waals surface area contributed by atoms with Crippen molar-refractivity contribution in [2.45, 2.75) is 40.3 Å². The van der Waals surface area contributed by atoms with E-state index in [2.05, 4.69) is 49.4 Å². The molecule has 1 heterocycles. The Bertz CT molecular complexity index is 676. The van der Waals surface area contributed by atoms with Crippen LogP contribution < -0.4 is 10.9 Å². The second-order valence-corrected chi connectivity index (χ2v) is 5.52. The quantitative estimate of drug-likeness (QED) is 0.918. The molecule has 0 saturated carbocycles. The molecular formula is C17H23N3O. The van der Waals surface area contributed by atoms with E-state index in [4.69, 9.17) is 0 Å². The van der Waals surface area contributed by atoms with Gasteiger partial charge in [-0.25, -0.2) is 4.68 Å². The van der Waals surface area contributed by atoms with Gasteiger partial charge in [0.05, 0.1) is 18.8 Å². The van der Waals surface area contributed by atoms with Crippen molar-refractivity contribution in [2.24, 2.45) is 0 Å². The molecule has 112 valence electrons. The van der Waals surface area contributed by atoms with Crippen LogP contribution in [0.1, 0.15) is 35.2 Å². The molecule has 2 aromatic rings. The number of nitrogens with zero attached hydrogens (tertiary/aromatic N) is 2. The van der Waals surface area contributed by atoms with E-state index >= 15 is 0 Å². The SMILES string of the molecule is CCNC(Cn1ncc(C)cc1=O)c1ccc(C)cc1C. The Morgan fingerprint density at radius 1 is 1.19 bits per heavy atom. The lowest BCUT2D eigenvalue weighted by atomic mass is 9.99. The maximum Gasteiger partial charge on any atom is 0.267 e. The molecule has 1 aromatic heterocycles. The number of aryl methyl sites for hydroxylation is 3. The third-order valence-electron chi connectivity index (χ3n) is 3.61. The molecule has 21 heavy (non-hydrogen) atoms. The molecule has 0 saturated heterocycles. The second-order valence-electron chi connectivity index (χ2n) is 5.52. The van der Waals surface area contributed by atoms with Gasteiger partial charge in [0.1, 0.15) is 0 Å². The van der Waals surface area contributed by atoms with E-state index in [1.807, 2.05) is 6.92 Å². The minimum atomic E-state index is -0.0531. The summed E-state index contributed by atoms with van der Waals surface area (Å²) in [6, 6.07) is 8.13. The van der Waals surface area contributed by atoms with Crippen molar-refractivity contribution in [3.05, 3.63) is 63.1 Å². The zero-order valence-corrected chi connectivity index (χ0v) is 13.2. The zero-order valence-electron chi connectivity index (χ0n) is 13.2. The lowest BCUT2D eigenvalue weighted by Crippen LogP contribution is -2.32. The normalized spacial score (nSPS) is 12.4. The van der Waals surface area contributed by atoms with Gasteiger partial charge in [0.25, 0.3) is 5.56 Å². The third kappa shape index (κ3) is 3.79. The molecule has 0 radical (unpaired) electrons. The van der Waals surface area contributed by atoms with E-state index in [-0.39, 0.29) is 11.6 Å². The first-order valence-electron chi connectivity index (χ1n) is 7.35. The van der Waals surface area contributed by atoms with Crippen LogP contribution in [-0.4, -0.2) is 16.3 Å². The topological polar surface area (TPSA) is 46.9 Å². The maximum absolute atomic E-state index is 12.0. The van der Waals surface area contributed by atoms with Crippen molar-refractivity contribution in [1.82, 2.24) is 15.1 Å². The van der Waals surface area contributed by atoms with Crippen molar-refractivity contribution >= 4 is 0 Å². The smallest absolute Gasteiger partial charge is 0.267 e. The Hall–Kier alpha value is -1.94. The number of benzene rings is 1. The monoisotopic (exact) mass is 285 g/mol. The molecule has 0 fully saturated rings. The number of likely N-dealkylation sites (N-methyl/N-ethyl adjacent to an activating group) is 1. The molecule has 1 N–H and O–H groups in total. The number of hydrogen-bond acceptors (Lipinski definition) is 3. The summed E-state index contributed by atoms with van der Waals surface area (Å²) in [6.07, 6.45) is 1.73. The molecule has 1 unspecified atom stereocenters. The molecule has 2 rings (SSSR count). The number of aromatic nitrogens is 2. The molecular weight excluding hydrogens is 262 g/mol. The van der Waals surface area contributed by atoms with Crippen LogP contribution in [0.4, 0.5) is 0 Å². The first-order chi connectivity index (χ1) is 10.0. The molecule has 0 aliphatic heterocycles. The summed E-state index contributed by atoms with van der Waals surface area (Å²) in [5.74, 6) is 0. The van der Waals surface area contributed by atoms with E-state index in [0.29, 0.717) is 6.54 Å². The highest BCUT2D eigenvalue weighted by atomic mass is 16.1. The first kappa shape index (κ1) is 15.4. The van der Waals surface area contributed by atoms with Crippen molar-refractivity contribution in [3.8, 4) is 0 Å². The van der Waals surface area contributed by atoms with Gasteiger partial charge in [-0.3, -0.25) is 4.79 Å². The summed E-state index contributed by atoms with van der Waals surface area (Å²) in [5, 5.41) is 7.69. The van der Waals surface area contributed by atoms with Crippen molar-refractivity contribution < 1.29 is 0 Å². The fourth-order valence-corrected chi connectivity index (χ4v) is 2.57. The summed E-state index contributed by atoms with van der Waals surface area (Å²) in [5.41, 5.74) is 4.54. The maximum atomic E-state index is 12.0. The van der Waals surface area contributed by atoms with Crippen LogP contribution in [0, 0.1) is 20.8 Å². The fourth-order valence-electron chi connectivity index (χ4n) is 2.57. The average molecular weight is 285 g/mol.